The first-order valence-corrected chi connectivity index (χ1v) is 5.94. The van der Waals surface area contributed by atoms with E-state index in [4.69, 9.17) is 4.52 Å². The first kappa shape index (κ1) is 11.6. The molecule has 0 aliphatic rings. The van der Waals surface area contributed by atoms with E-state index >= 15 is 0 Å². The monoisotopic (exact) mass is 255 g/mol. The fraction of sp³-hybridized carbons (Fsp3) is 0.231. The minimum atomic E-state index is 0.484. The Morgan fingerprint density at radius 3 is 2.53 bits per heavy atom. The van der Waals surface area contributed by atoms with E-state index in [-0.39, 0.29) is 0 Å². The molecule has 3 rings (SSSR count). The molecule has 0 saturated heterocycles. The predicted molar refractivity (Wildman–Crippen MR) is 69.3 cm³/mol. The van der Waals surface area contributed by atoms with E-state index in [1.54, 1.807) is 13.1 Å². The number of aromatic amines is 1. The van der Waals surface area contributed by atoms with Gasteiger partial charge in [0, 0.05) is 17.5 Å². The summed E-state index contributed by atoms with van der Waals surface area (Å²) in [6.07, 6.45) is 1.73. The van der Waals surface area contributed by atoms with Crippen LogP contribution in [0.5, 0.6) is 0 Å². The number of rotatable bonds is 2. The second kappa shape index (κ2) is 4.31. The van der Waals surface area contributed by atoms with Crippen LogP contribution in [0.4, 0.5) is 0 Å². The van der Waals surface area contributed by atoms with Crippen molar-refractivity contribution in [2.75, 3.05) is 0 Å². The minimum Gasteiger partial charge on any atom is -0.334 e. The second-order valence-corrected chi connectivity index (χ2v) is 4.39. The van der Waals surface area contributed by atoms with Gasteiger partial charge in [0.25, 0.3) is 5.89 Å². The Morgan fingerprint density at radius 1 is 1.16 bits per heavy atom. The molecule has 3 aromatic rings. The van der Waals surface area contributed by atoms with Gasteiger partial charge >= 0.3 is 0 Å². The summed E-state index contributed by atoms with van der Waals surface area (Å²) in [7, 11) is 0. The maximum absolute atomic E-state index is 5.11. The van der Waals surface area contributed by atoms with Gasteiger partial charge in [-0.25, -0.2) is 0 Å². The van der Waals surface area contributed by atoms with Gasteiger partial charge in [0.2, 0.25) is 0 Å². The van der Waals surface area contributed by atoms with Gasteiger partial charge in [0.15, 0.2) is 5.82 Å². The standard InChI is InChI=1S/C13H13N5O/c1-7-12(8(2)17-16-7)11-5-4-10(6-14-11)13-15-9(3)18-19-13/h4-6H,1-3H3,(H,16,17). The zero-order valence-corrected chi connectivity index (χ0v) is 10.9. The Kier molecular flexibility index (Phi) is 2.63. The van der Waals surface area contributed by atoms with E-state index in [1.165, 1.54) is 0 Å². The first-order chi connectivity index (χ1) is 9.15. The number of nitrogens with one attached hydrogen (secondary N) is 1. The van der Waals surface area contributed by atoms with E-state index in [0.29, 0.717) is 11.7 Å². The minimum absolute atomic E-state index is 0.484. The number of aromatic nitrogens is 5. The van der Waals surface area contributed by atoms with Crippen molar-refractivity contribution in [3.05, 3.63) is 35.5 Å². The van der Waals surface area contributed by atoms with Gasteiger partial charge in [0.1, 0.15) is 0 Å². The summed E-state index contributed by atoms with van der Waals surface area (Å²) >= 11 is 0. The van der Waals surface area contributed by atoms with Crippen LogP contribution in [-0.2, 0) is 0 Å². The number of H-pyrrole nitrogens is 1. The van der Waals surface area contributed by atoms with Crippen LogP contribution in [0.15, 0.2) is 22.9 Å². The van der Waals surface area contributed by atoms with E-state index in [0.717, 1.165) is 28.2 Å². The highest BCUT2D eigenvalue weighted by Crippen LogP contribution is 2.25. The molecule has 0 radical (unpaired) electrons. The molecule has 0 atom stereocenters. The van der Waals surface area contributed by atoms with Gasteiger partial charge in [-0.1, -0.05) is 5.16 Å². The number of aryl methyl sites for hydroxylation is 3. The van der Waals surface area contributed by atoms with E-state index < -0.39 is 0 Å². The molecule has 19 heavy (non-hydrogen) atoms. The third-order valence-corrected chi connectivity index (χ3v) is 2.92. The van der Waals surface area contributed by atoms with E-state index in [1.807, 2.05) is 26.0 Å². The van der Waals surface area contributed by atoms with Gasteiger partial charge < -0.3 is 4.52 Å². The van der Waals surface area contributed by atoms with Gasteiger partial charge in [0.05, 0.1) is 17.0 Å². The third-order valence-electron chi connectivity index (χ3n) is 2.92. The molecule has 0 amide bonds. The van der Waals surface area contributed by atoms with Crippen molar-refractivity contribution in [2.45, 2.75) is 20.8 Å². The van der Waals surface area contributed by atoms with E-state index in [2.05, 4.69) is 25.3 Å². The molecule has 0 spiro atoms. The van der Waals surface area contributed by atoms with Crippen LogP contribution in [0.1, 0.15) is 17.2 Å². The van der Waals surface area contributed by atoms with Crippen LogP contribution in [0.25, 0.3) is 22.7 Å². The molecule has 0 fully saturated rings. The van der Waals surface area contributed by atoms with Crippen molar-refractivity contribution in [2.24, 2.45) is 0 Å². The van der Waals surface area contributed by atoms with Gasteiger partial charge in [-0.05, 0) is 32.9 Å². The molecule has 6 nitrogen and oxygen atoms in total. The molecule has 0 aliphatic heterocycles. The number of hydrogen-bond acceptors (Lipinski definition) is 5. The van der Waals surface area contributed by atoms with Crippen LogP contribution >= 0.6 is 0 Å². The Hall–Kier alpha value is -2.50. The summed E-state index contributed by atoms with van der Waals surface area (Å²) in [4.78, 5) is 8.61. The van der Waals surface area contributed by atoms with Crippen molar-refractivity contribution < 1.29 is 4.52 Å². The summed E-state index contributed by atoms with van der Waals surface area (Å²) < 4.78 is 5.11. The van der Waals surface area contributed by atoms with Crippen LogP contribution in [-0.4, -0.2) is 25.3 Å². The van der Waals surface area contributed by atoms with Gasteiger partial charge in [-0.15, -0.1) is 0 Å². The zero-order valence-electron chi connectivity index (χ0n) is 10.9. The second-order valence-electron chi connectivity index (χ2n) is 4.39. The molecule has 3 aromatic heterocycles. The molecule has 0 aromatic carbocycles. The van der Waals surface area contributed by atoms with Crippen LogP contribution in [0, 0.1) is 20.8 Å². The fourth-order valence-electron chi connectivity index (χ4n) is 2.01. The number of nitrogens with zero attached hydrogens (tertiary/aromatic N) is 4. The average Bonchev–Trinajstić information content (AvgIpc) is 2.97. The predicted octanol–water partition coefficient (Wildman–Crippen LogP) is 2.45. The SMILES string of the molecule is Cc1noc(-c2ccc(-c3c(C)n[nH]c3C)nc2)n1. The first-order valence-electron chi connectivity index (χ1n) is 5.94. The summed E-state index contributed by atoms with van der Waals surface area (Å²) in [5.74, 6) is 1.10. The Morgan fingerprint density at radius 2 is 2.00 bits per heavy atom. The van der Waals surface area contributed by atoms with Crippen molar-refractivity contribution in [1.29, 1.82) is 0 Å². The molecular weight excluding hydrogens is 242 g/mol. The smallest absolute Gasteiger partial charge is 0.259 e. The Labute approximate surface area is 109 Å². The molecule has 0 bridgehead atoms. The van der Waals surface area contributed by atoms with Gasteiger partial charge in [-0.3, -0.25) is 10.1 Å². The topological polar surface area (TPSA) is 80.5 Å². The molecular formula is C13H13N5O. The van der Waals surface area contributed by atoms with Crippen molar-refractivity contribution in [1.82, 2.24) is 25.3 Å². The molecule has 0 saturated carbocycles. The third kappa shape index (κ3) is 2.01. The molecule has 96 valence electrons. The Balaban J connectivity index is 2.00. The Bertz CT molecular complexity index is 691. The molecule has 0 aliphatic carbocycles. The molecule has 6 heteroatoms. The summed E-state index contributed by atoms with van der Waals surface area (Å²) in [6, 6.07) is 3.85. The lowest BCUT2D eigenvalue weighted by molar-refractivity contribution is 0.425. The number of hydrogen-bond donors (Lipinski definition) is 1. The quantitative estimate of drug-likeness (QED) is 0.760. The highest BCUT2D eigenvalue weighted by atomic mass is 16.5. The lowest BCUT2D eigenvalue weighted by atomic mass is 10.1. The largest absolute Gasteiger partial charge is 0.334 e. The summed E-state index contributed by atoms with van der Waals surface area (Å²) in [5, 5.41) is 10.9. The maximum Gasteiger partial charge on any atom is 0.259 e. The van der Waals surface area contributed by atoms with Crippen molar-refractivity contribution in [3.63, 3.8) is 0 Å². The average molecular weight is 255 g/mol. The maximum atomic E-state index is 5.11. The van der Waals surface area contributed by atoms with Gasteiger partial charge in [-0.2, -0.15) is 10.1 Å². The summed E-state index contributed by atoms with van der Waals surface area (Å²) in [5.41, 5.74) is 4.66. The highest BCUT2D eigenvalue weighted by Gasteiger charge is 2.12. The van der Waals surface area contributed by atoms with Crippen molar-refractivity contribution in [3.8, 4) is 22.7 Å². The zero-order chi connectivity index (χ0) is 13.4. The number of pyridine rings is 1. The van der Waals surface area contributed by atoms with Crippen LogP contribution < -0.4 is 0 Å². The summed E-state index contributed by atoms with van der Waals surface area (Å²) in [6.45, 7) is 5.72. The molecule has 0 unspecified atom stereocenters. The van der Waals surface area contributed by atoms with Crippen LogP contribution in [0.2, 0.25) is 0 Å². The van der Waals surface area contributed by atoms with Crippen molar-refractivity contribution >= 4 is 0 Å². The lowest BCUT2D eigenvalue weighted by Gasteiger charge is -2.01. The molecule has 3 heterocycles. The molecule has 1 N–H and O–H groups in total. The lowest BCUT2D eigenvalue weighted by Crippen LogP contribution is -1.88. The fourth-order valence-corrected chi connectivity index (χ4v) is 2.01. The normalized spacial score (nSPS) is 10.9. The van der Waals surface area contributed by atoms with E-state index in [9.17, 15) is 0 Å². The highest BCUT2D eigenvalue weighted by molar-refractivity contribution is 5.66. The van der Waals surface area contributed by atoms with Crippen LogP contribution in [0.3, 0.4) is 0 Å².